The standard InChI is InChI=1S/C21H25N3O6/c1-13(2)22-21(27)24-16-8-6-5-7-15(16)20(26)30-12-19(25)23-17-10-9-14(28-3)11-18(17)29-4/h5-11,13H,12H2,1-4H3,(H,23,25)(H2,22,24,27). The van der Waals surface area contributed by atoms with Crippen LogP contribution < -0.4 is 25.4 Å². The summed E-state index contributed by atoms with van der Waals surface area (Å²) in [5.41, 5.74) is 0.816. The van der Waals surface area contributed by atoms with Crippen molar-refractivity contribution in [1.82, 2.24) is 5.32 Å². The minimum Gasteiger partial charge on any atom is -0.497 e. The van der Waals surface area contributed by atoms with Crippen LogP contribution >= 0.6 is 0 Å². The van der Waals surface area contributed by atoms with Crippen molar-refractivity contribution in [1.29, 1.82) is 0 Å². The molecule has 3 amide bonds. The molecule has 2 aromatic rings. The highest BCUT2D eigenvalue weighted by Crippen LogP contribution is 2.29. The number of esters is 1. The van der Waals surface area contributed by atoms with Gasteiger partial charge < -0.3 is 30.2 Å². The van der Waals surface area contributed by atoms with Crippen LogP contribution in [0.5, 0.6) is 11.5 Å². The Balaban J connectivity index is 1.99. The molecule has 0 saturated heterocycles. The van der Waals surface area contributed by atoms with Crippen LogP contribution in [0.15, 0.2) is 42.5 Å². The first kappa shape index (κ1) is 22.5. The maximum atomic E-state index is 12.4. The Bertz CT molecular complexity index is 913. The highest BCUT2D eigenvalue weighted by Gasteiger charge is 2.17. The van der Waals surface area contributed by atoms with E-state index in [2.05, 4.69) is 16.0 Å². The Labute approximate surface area is 174 Å². The monoisotopic (exact) mass is 415 g/mol. The van der Waals surface area contributed by atoms with Crippen molar-refractivity contribution in [3.8, 4) is 11.5 Å². The summed E-state index contributed by atoms with van der Waals surface area (Å²) < 4.78 is 15.4. The van der Waals surface area contributed by atoms with Gasteiger partial charge in [0.15, 0.2) is 6.61 Å². The first-order chi connectivity index (χ1) is 14.3. The van der Waals surface area contributed by atoms with Crippen LogP contribution in [0.4, 0.5) is 16.2 Å². The quantitative estimate of drug-likeness (QED) is 0.571. The number of para-hydroxylation sites is 1. The molecule has 30 heavy (non-hydrogen) atoms. The van der Waals surface area contributed by atoms with Gasteiger partial charge in [-0.2, -0.15) is 0 Å². The number of hydrogen-bond donors (Lipinski definition) is 3. The van der Waals surface area contributed by atoms with Crippen LogP contribution in [-0.2, 0) is 9.53 Å². The summed E-state index contributed by atoms with van der Waals surface area (Å²) in [6.07, 6.45) is 0. The molecular weight excluding hydrogens is 390 g/mol. The van der Waals surface area contributed by atoms with Gasteiger partial charge in [0.25, 0.3) is 5.91 Å². The zero-order chi connectivity index (χ0) is 22.1. The molecule has 0 fully saturated rings. The summed E-state index contributed by atoms with van der Waals surface area (Å²) >= 11 is 0. The zero-order valence-corrected chi connectivity index (χ0v) is 17.3. The largest absolute Gasteiger partial charge is 0.497 e. The Morgan fingerprint density at radius 1 is 0.933 bits per heavy atom. The van der Waals surface area contributed by atoms with Crippen LogP contribution in [0.2, 0.25) is 0 Å². The second-order valence-corrected chi connectivity index (χ2v) is 6.49. The van der Waals surface area contributed by atoms with Crippen LogP contribution in [0.3, 0.4) is 0 Å². The molecule has 0 radical (unpaired) electrons. The molecule has 160 valence electrons. The molecule has 0 unspecified atom stereocenters. The molecule has 9 heteroatoms. The average Bonchev–Trinajstić information content (AvgIpc) is 2.72. The molecule has 0 aliphatic rings. The minimum atomic E-state index is -0.743. The maximum absolute atomic E-state index is 12.4. The van der Waals surface area contributed by atoms with Crippen molar-refractivity contribution in [2.75, 3.05) is 31.5 Å². The van der Waals surface area contributed by atoms with Crippen molar-refractivity contribution in [2.24, 2.45) is 0 Å². The third kappa shape index (κ3) is 6.40. The van der Waals surface area contributed by atoms with E-state index in [1.165, 1.54) is 20.3 Å². The highest BCUT2D eigenvalue weighted by atomic mass is 16.5. The van der Waals surface area contributed by atoms with Gasteiger partial charge in [0.1, 0.15) is 11.5 Å². The van der Waals surface area contributed by atoms with E-state index in [9.17, 15) is 14.4 Å². The number of carbonyl (C=O) groups is 3. The van der Waals surface area contributed by atoms with E-state index in [1.807, 2.05) is 13.8 Å². The van der Waals surface area contributed by atoms with E-state index < -0.39 is 24.5 Å². The van der Waals surface area contributed by atoms with Crippen LogP contribution in [0.1, 0.15) is 24.2 Å². The topological polar surface area (TPSA) is 115 Å². The summed E-state index contributed by atoms with van der Waals surface area (Å²) in [4.78, 5) is 36.5. The van der Waals surface area contributed by atoms with Gasteiger partial charge in [-0.3, -0.25) is 4.79 Å². The summed E-state index contributed by atoms with van der Waals surface area (Å²) in [6.45, 7) is 3.12. The molecule has 0 aliphatic heterocycles. The third-order valence-corrected chi connectivity index (χ3v) is 3.83. The number of amides is 3. The second-order valence-electron chi connectivity index (χ2n) is 6.49. The molecule has 2 rings (SSSR count). The van der Waals surface area contributed by atoms with E-state index in [4.69, 9.17) is 14.2 Å². The zero-order valence-electron chi connectivity index (χ0n) is 17.3. The number of methoxy groups -OCH3 is 2. The number of anilines is 2. The predicted molar refractivity (Wildman–Crippen MR) is 112 cm³/mol. The van der Waals surface area contributed by atoms with Crippen LogP contribution in [-0.4, -0.2) is 44.8 Å². The Kier molecular flexibility index (Phi) is 8.04. The van der Waals surface area contributed by atoms with E-state index in [-0.39, 0.29) is 17.3 Å². The van der Waals surface area contributed by atoms with Gasteiger partial charge in [0.2, 0.25) is 0 Å². The first-order valence-corrected chi connectivity index (χ1v) is 9.19. The lowest BCUT2D eigenvalue weighted by Crippen LogP contribution is -2.34. The Morgan fingerprint density at radius 2 is 1.67 bits per heavy atom. The van der Waals surface area contributed by atoms with E-state index in [1.54, 1.807) is 36.4 Å². The smallest absolute Gasteiger partial charge is 0.340 e. The molecule has 0 aromatic heterocycles. The number of hydrogen-bond acceptors (Lipinski definition) is 6. The molecule has 0 aliphatic carbocycles. The number of carbonyl (C=O) groups excluding carboxylic acids is 3. The fraction of sp³-hybridized carbons (Fsp3) is 0.286. The van der Waals surface area contributed by atoms with Gasteiger partial charge in [-0.1, -0.05) is 12.1 Å². The lowest BCUT2D eigenvalue weighted by molar-refractivity contribution is -0.119. The molecule has 0 spiro atoms. The van der Waals surface area contributed by atoms with Crippen LogP contribution in [0.25, 0.3) is 0 Å². The molecule has 0 bridgehead atoms. The van der Waals surface area contributed by atoms with Crippen LogP contribution in [0, 0.1) is 0 Å². The van der Waals surface area contributed by atoms with Gasteiger partial charge in [-0.15, -0.1) is 0 Å². The Hall–Kier alpha value is -3.75. The highest BCUT2D eigenvalue weighted by molar-refractivity contribution is 6.02. The normalized spacial score (nSPS) is 10.2. The van der Waals surface area contributed by atoms with E-state index in [0.29, 0.717) is 17.2 Å². The van der Waals surface area contributed by atoms with Gasteiger partial charge in [0.05, 0.1) is 31.2 Å². The van der Waals surface area contributed by atoms with Crippen molar-refractivity contribution >= 4 is 29.3 Å². The van der Waals surface area contributed by atoms with Crippen molar-refractivity contribution in [3.63, 3.8) is 0 Å². The second kappa shape index (κ2) is 10.7. The maximum Gasteiger partial charge on any atom is 0.340 e. The van der Waals surface area contributed by atoms with Gasteiger partial charge in [0, 0.05) is 12.1 Å². The van der Waals surface area contributed by atoms with E-state index >= 15 is 0 Å². The molecule has 0 atom stereocenters. The number of ether oxygens (including phenoxy) is 3. The summed E-state index contributed by atoms with van der Waals surface area (Å²) in [6, 6.07) is 10.7. The van der Waals surface area contributed by atoms with Gasteiger partial charge in [-0.05, 0) is 38.1 Å². The van der Waals surface area contributed by atoms with Crippen molar-refractivity contribution in [3.05, 3.63) is 48.0 Å². The van der Waals surface area contributed by atoms with E-state index in [0.717, 1.165) is 0 Å². The predicted octanol–water partition coefficient (Wildman–Crippen LogP) is 3.03. The lowest BCUT2D eigenvalue weighted by Gasteiger charge is -2.14. The minimum absolute atomic E-state index is 0.0669. The number of rotatable bonds is 8. The number of nitrogens with one attached hydrogen (secondary N) is 3. The van der Waals surface area contributed by atoms with Gasteiger partial charge in [-0.25, -0.2) is 9.59 Å². The fourth-order valence-electron chi connectivity index (χ4n) is 2.49. The molecule has 0 heterocycles. The number of benzene rings is 2. The number of urea groups is 1. The van der Waals surface area contributed by atoms with Crippen molar-refractivity contribution in [2.45, 2.75) is 19.9 Å². The molecule has 0 saturated carbocycles. The van der Waals surface area contributed by atoms with Crippen molar-refractivity contribution < 1.29 is 28.6 Å². The SMILES string of the molecule is COc1ccc(NC(=O)COC(=O)c2ccccc2NC(=O)NC(C)C)c(OC)c1. The molecule has 9 nitrogen and oxygen atoms in total. The fourth-order valence-corrected chi connectivity index (χ4v) is 2.49. The summed E-state index contributed by atoms with van der Waals surface area (Å²) in [5, 5.41) is 7.87. The first-order valence-electron chi connectivity index (χ1n) is 9.19. The molecule has 2 aromatic carbocycles. The lowest BCUT2D eigenvalue weighted by atomic mass is 10.2. The van der Waals surface area contributed by atoms with Gasteiger partial charge >= 0.3 is 12.0 Å². The summed E-state index contributed by atoms with van der Waals surface area (Å²) in [7, 11) is 2.98. The molecular formula is C21H25N3O6. The molecule has 3 N–H and O–H groups in total. The average molecular weight is 415 g/mol. The Morgan fingerprint density at radius 3 is 2.33 bits per heavy atom. The third-order valence-electron chi connectivity index (χ3n) is 3.83. The summed E-state index contributed by atoms with van der Waals surface area (Å²) in [5.74, 6) is -0.316.